The molecule has 4 heteroatoms. The lowest BCUT2D eigenvalue weighted by Gasteiger charge is -2.16. The second-order valence-electron chi connectivity index (χ2n) is 4.95. The van der Waals surface area contributed by atoms with Gasteiger partial charge in [-0.3, -0.25) is 0 Å². The van der Waals surface area contributed by atoms with E-state index in [0.29, 0.717) is 13.2 Å². The van der Waals surface area contributed by atoms with Crippen LogP contribution in [0.5, 0.6) is 5.75 Å². The molecule has 106 valence electrons. The van der Waals surface area contributed by atoms with Crippen LogP contribution in [0.2, 0.25) is 0 Å². The van der Waals surface area contributed by atoms with E-state index in [1.165, 1.54) is 23.5 Å². The molecule has 0 aliphatic carbocycles. The molecule has 0 spiro atoms. The fraction of sp³-hybridized carbons (Fsp3) is 0.600. The minimum absolute atomic E-state index is 0.591. The van der Waals surface area contributed by atoms with Gasteiger partial charge in [0.2, 0.25) is 0 Å². The second-order valence-corrected chi connectivity index (χ2v) is 6.10. The minimum atomic E-state index is 0.591. The van der Waals surface area contributed by atoms with E-state index < -0.39 is 0 Å². The van der Waals surface area contributed by atoms with Crippen molar-refractivity contribution in [3.63, 3.8) is 0 Å². The average molecular weight is 281 g/mol. The topological polar surface area (TPSA) is 30.5 Å². The van der Waals surface area contributed by atoms with Crippen molar-refractivity contribution in [1.82, 2.24) is 0 Å². The Morgan fingerprint density at radius 1 is 1.37 bits per heavy atom. The summed E-state index contributed by atoms with van der Waals surface area (Å²) in [6.07, 6.45) is 1.32. The first kappa shape index (κ1) is 14.5. The first-order valence-corrected chi connectivity index (χ1v) is 7.99. The standard InChI is InChI=1S/C15H23NO2S/c1-12-3-4-14(15(9-12)18-7-6-17-2)16-10-13-5-8-19-11-13/h3-4,9,13,16H,5-8,10-11H2,1-2H3. The third kappa shape index (κ3) is 4.62. The van der Waals surface area contributed by atoms with Crippen molar-refractivity contribution in [3.8, 4) is 5.75 Å². The molecule has 1 aliphatic rings. The highest BCUT2D eigenvalue weighted by Crippen LogP contribution is 2.28. The maximum Gasteiger partial charge on any atom is 0.142 e. The Morgan fingerprint density at radius 3 is 3.00 bits per heavy atom. The van der Waals surface area contributed by atoms with Gasteiger partial charge in [-0.25, -0.2) is 0 Å². The summed E-state index contributed by atoms with van der Waals surface area (Å²) in [7, 11) is 1.69. The quantitative estimate of drug-likeness (QED) is 0.778. The lowest BCUT2D eigenvalue weighted by Crippen LogP contribution is -2.14. The molecule has 1 unspecified atom stereocenters. The summed E-state index contributed by atoms with van der Waals surface area (Å²) < 4.78 is 10.8. The van der Waals surface area contributed by atoms with E-state index in [9.17, 15) is 0 Å². The van der Waals surface area contributed by atoms with Crippen LogP contribution in [-0.4, -0.2) is 38.4 Å². The van der Waals surface area contributed by atoms with Gasteiger partial charge < -0.3 is 14.8 Å². The van der Waals surface area contributed by atoms with Crippen molar-refractivity contribution >= 4 is 17.4 Å². The van der Waals surface area contributed by atoms with Crippen LogP contribution in [0.4, 0.5) is 5.69 Å². The zero-order valence-electron chi connectivity index (χ0n) is 11.8. The molecule has 19 heavy (non-hydrogen) atoms. The van der Waals surface area contributed by atoms with Gasteiger partial charge in [0.05, 0.1) is 12.3 Å². The smallest absolute Gasteiger partial charge is 0.142 e. The molecule has 1 aromatic rings. The number of ether oxygens (including phenoxy) is 2. The lowest BCUT2D eigenvalue weighted by molar-refractivity contribution is 0.146. The van der Waals surface area contributed by atoms with Crippen LogP contribution < -0.4 is 10.1 Å². The molecule has 1 saturated heterocycles. The molecule has 1 heterocycles. The number of rotatable bonds is 7. The average Bonchev–Trinajstić information content (AvgIpc) is 2.91. The van der Waals surface area contributed by atoms with Gasteiger partial charge in [0.15, 0.2) is 0 Å². The normalized spacial score (nSPS) is 18.5. The number of benzene rings is 1. The van der Waals surface area contributed by atoms with E-state index in [1.54, 1.807) is 7.11 Å². The molecule has 1 fully saturated rings. The predicted octanol–water partition coefficient (Wildman–Crippen LogP) is 3.19. The van der Waals surface area contributed by atoms with Crippen LogP contribution in [0, 0.1) is 12.8 Å². The molecule has 2 rings (SSSR count). The minimum Gasteiger partial charge on any atom is -0.489 e. The molecule has 1 aliphatic heterocycles. The molecule has 0 aromatic heterocycles. The third-order valence-electron chi connectivity index (χ3n) is 3.29. The highest BCUT2D eigenvalue weighted by atomic mass is 32.2. The van der Waals surface area contributed by atoms with Gasteiger partial charge in [-0.2, -0.15) is 11.8 Å². The summed E-state index contributed by atoms with van der Waals surface area (Å²) in [5, 5.41) is 3.53. The first-order valence-electron chi connectivity index (χ1n) is 6.83. The van der Waals surface area contributed by atoms with Crippen LogP contribution in [0.3, 0.4) is 0 Å². The highest BCUT2D eigenvalue weighted by molar-refractivity contribution is 7.99. The van der Waals surface area contributed by atoms with E-state index in [-0.39, 0.29) is 0 Å². The van der Waals surface area contributed by atoms with E-state index in [1.807, 2.05) is 0 Å². The summed E-state index contributed by atoms with van der Waals surface area (Å²) in [6, 6.07) is 6.32. The number of anilines is 1. The Balaban J connectivity index is 1.92. The SMILES string of the molecule is COCCOc1cc(C)ccc1NCC1CCSC1. The molecular weight excluding hydrogens is 258 g/mol. The number of methoxy groups -OCH3 is 1. The summed E-state index contributed by atoms with van der Waals surface area (Å²) in [5.41, 5.74) is 2.31. The number of hydrogen-bond donors (Lipinski definition) is 1. The third-order valence-corrected chi connectivity index (χ3v) is 4.52. The van der Waals surface area contributed by atoms with Gasteiger partial charge in [0, 0.05) is 13.7 Å². The molecule has 1 N–H and O–H groups in total. The molecule has 0 bridgehead atoms. The van der Waals surface area contributed by atoms with Crippen molar-refractivity contribution < 1.29 is 9.47 Å². The van der Waals surface area contributed by atoms with Crippen molar-refractivity contribution in [2.45, 2.75) is 13.3 Å². The van der Waals surface area contributed by atoms with E-state index in [4.69, 9.17) is 9.47 Å². The zero-order chi connectivity index (χ0) is 13.5. The summed E-state index contributed by atoms with van der Waals surface area (Å²) in [6.45, 7) is 4.33. The summed E-state index contributed by atoms with van der Waals surface area (Å²) in [5.74, 6) is 4.30. The molecule has 3 nitrogen and oxygen atoms in total. The number of nitrogens with one attached hydrogen (secondary N) is 1. The summed E-state index contributed by atoms with van der Waals surface area (Å²) >= 11 is 2.05. The Kier molecular flexibility index (Phi) is 5.86. The Morgan fingerprint density at radius 2 is 2.26 bits per heavy atom. The molecular formula is C15H23NO2S. The molecule has 0 amide bonds. The van der Waals surface area contributed by atoms with Gasteiger partial charge in [-0.15, -0.1) is 0 Å². The maximum atomic E-state index is 5.78. The Labute approximate surface area is 120 Å². The zero-order valence-corrected chi connectivity index (χ0v) is 12.6. The maximum absolute atomic E-state index is 5.78. The number of aryl methyl sites for hydroxylation is 1. The van der Waals surface area contributed by atoms with Crippen molar-refractivity contribution in [2.75, 3.05) is 43.7 Å². The molecule has 1 aromatic carbocycles. The van der Waals surface area contributed by atoms with Gasteiger partial charge in [0.1, 0.15) is 12.4 Å². The van der Waals surface area contributed by atoms with Crippen LogP contribution in [0.15, 0.2) is 18.2 Å². The Hall–Kier alpha value is -0.870. The Bertz CT molecular complexity index is 392. The van der Waals surface area contributed by atoms with Crippen LogP contribution >= 0.6 is 11.8 Å². The molecule has 0 saturated carbocycles. The van der Waals surface area contributed by atoms with Crippen molar-refractivity contribution in [3.05, 3.63) is 23.8 Å². The van der Waals surface area contributed by atoms with E-state index in [0.717, 1.165) is 23.9 Å². The van der Waals surface area contributed by atoms with Gasteiger partial charge >= 0.3 is 0 Å². The number of thioether (sulfide) groups is 1. The molecule has 1 atom stereocenters. The predicted molar refractivity (Wildman–Crippen MR) is 82.5 cm³/mol. The van der Waals surface area contributed by atoms with E-state index in [2.05, 4.69) is 42.2 Å². The van der Waals surface area contributed by atoms with Gasteiger partial charge in [-0.05, 0) is 48.5 Å². The monoisotopic (exact) mass is 281 g/mol. The van der Waals surface area contributed by atoms with Crippen LogP contribution in [0.1, 0.15) is 12.0 Å². The highest BCUT2D eigenvalue weighted by Gasteiger charge is 2.15. The van der Waals surface area contributed by atoms with Crippen molar-refractivity contribution in [1.29, 1.82) is 0 Å². The van der Waals surface area contributed by atoms with Crippen molar-refractivity contribution in [2.24, 2.45) is 5.92 Å². The summed E-state index contributed by atoms with van der Waals surface area (Å²) in [4.78, 5) is 0. The molecule has 0 radical (unpaired) electrons. The largest absolute Gasteiger partial charge is 0.489 e. The van der Waals surface area contributed by atoms with Crippen LogP contribution in [0.25, 0.3) is 0 Å². The second kappa shape index (κ2) is 7.65. The number of hydrogen-bond acceptors (Lipinski definition) is 4. The van der Waals surface area contributed by atoms with Gasteiger partial charge in [0.25, 0.3) is 0 Å². The lowest BCUT2D eigenvalue weighted by atomic mass is 10.1. The van der Waals surface area contributed by atoms with E-state index >= 15 is 0 Å². The van der Waals surface area contributed by atoms with Gasteiger partial charge in [-0.1, -0.05) is 6.07 Å². The fourth-order valence-electron chi connectivity index (χ4n) is 2.13. The first-order chi connectivity index (χ1) is 9.29. The van der Waals surface area contributed by atoms with Crippen LogP contribution in [-0.2, 0) is 4.74 Å². The fourth-order valence-corrected chi connectivity index (χ4v) is 3.41.